The number of anilines is 1. The number of carbonyl (C=O) groups is 2. The minimum atomic E-state index is -0.256. The largest absolute Gasteiger partial charge is 0.376 e. The number of piperazine rings is 1. The summed E-state index contributed by atoms with van der Waals surface area (Å²) in [7, 11) is 1.90. The molecule has 0 spiro atoms. The minimum absolute atomic E-state index is 0.0468. The fraction of sp³-hybridized carbons (Fsp3) is 0.333. The molecule has 42 heavy (non-hydrogen) atoms. The van der Waals surface area contributed by atoms with Gasteiger partial charge in [0.1, 0.15) is 0 Å². The van der Waals surface area contributed by atoms with Crippen LogP contribution < -0.4 is 16.2 Å². The van der Waals surface area contributed by atoms with Gasteiger partial charge in [-0.05, 0) is 49.0 Å². The lowest BCUT2D eigenvalue weighted by Gasteiger charge is -2.36. The second-order valence-electron chi connectivity index (χ2n) is 11.3. The molecule has 6 rings (SSSR count). The summed E-state index contributed by atoms with van der Waals surface area (Å²) in [6.07, 6.45) is 0. The van der Waals surface area contributed by atoms with Crippen molar-refractivity contribution in [2.45, 2.75) is 32.4 Å². The number of carbonyl (C=O) groups excluding carboxylic acids is 2. The number of aromatic amines is 1. The Morgan fingerprint density at radius 2 is 1.74 bits per heavy atom. The molecule has 4 aromatic rings. The number of hydrogen-bond acceptors (Lipinski definition) is 6. The van der Waals surface area contributed by atoms with Gasteiger partial charge in [0.05, 0.1) is 23.0 Å². The Hall–Kier alpha value is -4.68. The van der Waals surface area contributed by atoms with Crippen molar-refractivity contribution < 1.29 is 9.59 Å². The van der Waals surface area contributed by atoms with Crippen LogP contribution in [0.3, 0.4) is 0 Å². The number of aromatic nitrogens is 2. The summed E-state index contributed by atoms with van der Waals surface area (Å²) < 4.78 is 0. The van der Waals surface area contributed by atoms with E-state index in [0.717, 1.165) is 33.5 Å². The lowest BCUT2D eigenvalue weighted by atomic mass is 9.80. The van der Waals surface area contributed by atoms with Crippen molar-refractivity contribution in [3.8, 4) is 0 Å². The molecule has 9 heteroatoms. The highest BCUT2D eigenvalue weighted by molar-refractivity contribution is 5.97. The van der Waals surface area contributed by atoms with E-state index in [1.165, 1.54) is 0 Å². The summed E-state index contributed by atoms with van der Waals surface area (Å²) in [6.45, 7) is 6.61. The van der Waals surface area contributed by atoms with E-state index in [4.69, 9.17) is 0 Å². The first-order chi connectivity index (χ1) is 20.4. The average molecular weight is 563 g/mol. The molecule has 2 amide bonds. The Morgan fingerprint density at radius 3 is 2.40 bits per heavy atom. The fourth-order valence-corrected chi connectivity index (χ4v) is 6.02. The molecule has 9 nitrogen and oxygen atoms in total. The number of amides is 2. The maximum absolute atomic E-state index is 13.4. The summed E-state index contributed by atoms with van der Waals surface area (Å²) in [4.78, 5) is 42.0. The number of nitrogens with one attached hydrogen (secondary N) is 3. The molecular formula is C33H34N6O3. The topological polar surface area (TPSA) is 110 Å². The molecule has 3 aromatic carbocycles. The van der Waals surface area contributed by atoms with Crippen LogP contribution >= 0.6 is 0 Å². The van der Waals surface area contributed by atoms with Gasteiger partial charge >= 0.3 is 0 Å². The fourth-order valence-electron chi connectivity index (χ4n) is 6.02. The van der Waals surface area contributed by atoms with Gasteiger partial charge in [-0.25, -0.2) is 5.10 Å². The Balaban J connectivity index is 1.32. The predicted molar refractivity (Wildman–Crippen MR) is 161 cm³/mol. The number of rotatable bonds is 6. The zero-order chi connectivity index (χ0) is 29.4. The monoisotopic (exact) mass is 562 g/mol. The maximum Gasteiger partial charge on any atom is 0.272 e. The van der Waals surface area contributed by atoms with Crippen LogP contribution in [-0.4, -0.2) is 65.0 Å². The van der Waals surface area contributed by atoms with Crippen molar-refractivity contribution in [3.63, 3.8) is 0 Å². The normalized spacial score (nSPS) is 18.1. The van der Waals surface area contributed by atoms with Crippen molar-refractivity contribution in [3.05, 3.63) is 105 Å². The first-order valence-electron chi connectivity index (χ1n) is 14.4. The van der Waals surface area contributed by atoms with E-state index in [9.17, 15) is 14.4 Å². The molecule has 0 saturated carbocycles. The van der Waals surface area contributed by atoms with Gasteiger partial charge in [0.15, 0.2) is 0 Å². The van der Waals surface area contributed by atoms with Gasteiger partial charge in [0.2, 0.25) is 5.91 Å². The molecule has 2 aliphatic rings. The molecule has 3 N–H and O–H groups in total. The molecule has 2 atom stereocenters. The van der Waals surface area contributed by atoms with Crippen LogP contribution in [0.25, 0.3) is 10.8 Å². The van der Waals surface area contributed by atoms with Crippen LogP contribution in [0, 0.1) is 18.1 Å². The van der Waals surface area contributed by atoms with E-state index >= 15 is 0 Å². The van der Waals surface area contributed by atoms with Crippen LogP contribution in [0.4, 0.5) is 5.69 Å². The van der Waals surface area contributed by atoms with E-state index in [-0.39, 0.29) is 35.3 Å². The van der Waals surface area contributed by atoms with Crippen LogP contribution in [0.1, 0.15) is 58.5 Å². The summed E-state index contributed by atoms with van der Waals surface area (Å²) in [5.41, 5.74) is 4.86. The Morgan fingerprint density at radius 1 is 1.00 bits per heavy atom. The highest BCUT2D eigenvalue weighted by Crippen LogP contribution is 2.46. The van der Waals surface area contributed by atoms with Crippen molar-refractivity contribution in [1.29, 1.82) is 0 Å². The van der Waals surface area contributed by atoms with Gasteiger partial charge in [0.25, 0.3) is 11.5 Å². The maximum atomic E-state index is 13.4. The third-order valence-electron chi connectivity index (χ3n) is 8.21. The number of nitrogens with zero attached hydrogens (tertiary/aromatic N) is 3. The van der Waals surface area contributed by atoms with E-state index in [2.05, 4.69) is 33.0 Å². The molecule has 214 valence electrons. The second-order valence-corrected chi connectivity index (χ2v) is 11.3. The third-order valence-corrected chi connectivity index (χ3v) is 8.21. The highest BCUT2D eigenvalue weighted by atomic mass is 16.2. The molecule has 1 fully saturated rings. The SMILES string of the molecule is CNCc1c#cc(C2Nc3cccc4c(=O)[nH]nc(c34)C2c2ccc(C(=O)N3CCN(C(=O)C(C)C)CC3)cc2)cc1. The Kier molecular flexibility index (Phi) is 7.40. The molecule has 1 aromatic heterocycles. The highest BCUT2D eigenvalue weighted by Gasteiger charge is 2.35. The van der Waals surface area contributed by atoms with Crippen molar-refractivity contribution >= 4 is 28.3 Å². The van der Waals surface area contributed by atoms with Gasteiger partial charge in [-0.15, -0.1) is 0 Å². The third kappa shape index (κ3) is 4.99. The summed E-state index contributed by atoms with van der Waals surface area (Å²) in [5.74, 6) is -0.228. The summed E-state index contributed by atoms with van der Waals surface area (Å²) >= 11 is 0. The molecule has 0 radical (unpaired) electrons. The smallest absolute Gasteiger partial charge is 0.272 e. The lowest BCUT2D eigenvalue weighted by molar-refractivity contribution is -0.135. The quantitative estimate of drug-likeness (QED) is 0.332. The molecule has 0 bridgehead atoms. The summed E-state index contributed by atoms with van der Waals surface area (Å²) in [6, 6.07) is 23.8. The number of hydrogen-bond donors (Lipinski definition) is 3. The lowest BCUT2D eigenvalue weighted by Crippen LogP contribution is -2.51. The van der Waals surface area contributed by atoms with Crippen molar-refractivity contribution in [2.75, 3.05) is 38.5 Å². The van der Waals surface area contributed by atoms with E-state index in [0.29, 0.717) is 43.7 Å². The molecule has 3 heterocycles. The second kappa shape index (κ2) is 11.3. The van der Waals surface area contributed by atoms with Gasteiger partial charge in [0, 0.05) is 66.4 Å². The first-order valence-corrected chi connectivity index (χ1v) is 14.4. The van der Waals surface area contributed by atoms with E-state index in [1.54, 1.807) is 0 Å². The van der Waals surface area contributed by atoms with Gasteiger partial charge < -0.3 is 20.4 Å². The molecular weight excluding hydrogens is 528 g/mol. The van der Waals surface area contributed by atoms with Crippen LogP contribution in [0.5, 0.6) is 0 Å². The summed E-state index contributed by atoms with van der Waals surface area (Å²) in [5, 5.41) is 15.4. The van der Waals surface area contributed by atoms with Crippen LogP contribution in [-0.2, 0) is 11.3 Å². The van der Waals surface area contributed by atoms with E-state index < -0.39 is 0 Å². The molecule has 1 saturated heterocycles. The van der Waals surface area contributed by atoms with Gasteiger partial charge in [-0.1, -0.05) is 44.2 Å². The van der Waals surface area contributed by atoms with Gasteiger partial charge in [-0.2, -0.15) is 5.10 Å². The van der Waals surface area contributed by atoms with E-state index in [1.807, 2.05) is 85.3 Å². The van der Waals surface area contributed by atoms with Crippen LogP contribution in [0.15, 0.2) is 59.4 Å². The molecule has 0 aliphatic carbocycles. The Labute approximate surface area is 244 Å². The average Bonchev–Trinajstić information content (AvgIpc) is 3.02. The number of benzene rings is 2. The van der Waals surface area contributed by atoms with Crippen molar-refractivity contribution in [2.24, 2.45) is 5.92 Å². The molecule has 2 aliphatic heterocycles. The van der Waals surface area contributed by atoms with Gasteiger partial charge in [-0.3, -0.25) is 14.4 Å². The first kappa shape index (κ1) is 27.5. The zero-order valence-corrected chi connectivity index (χ0v) is 24.0. The van der Waals surface area contributed by atoms with Crippen molar-refractivity contribution in [1.82, 2.24) is 25.3 Å². The zero-order valence-electron chi connectivity index (χ0n) is 24.0. The molecule has 2 unspecified atom stereocenters. The van der Waals surface area contributed by atoms with Crippen LogP contribution in [0.2, 0.25) is 0 Å². The minimum Gasteiger partial charge on any atom is -0.376 e. The number of H-pyrrole nitrogens is 1. The standard InChI is InChI=1S/C33H34N6O3/c1-20(2)32(41)38-15-17-39(18-16-38)33(42)24-13-11-22(12-14-24)27-29(23-9-7-21(8-10-23)19-34-3)35-26-6-4-5-25-28(26)30(27)36-37-31(25)40/h4-7,9,11-14,20,27,29,34-35H,15-19H2,1-3H3,(H,37,40). The predicted octanol–water partition coefficient (Wildman–Crippen LogP) is 3.48. The Bertz CT molecular complexity index is 1670.